The van der Waals surface area contributed by atoms with Gasteiger partial charge >= 0.3 is 5.97 Å². The summed E-state index contributed by atoms with van der Waals surface area (Å²) < 4.78 is 4.60. The number of aromatic amines is 1. The third kappa shape index (κ3) is 3.19. The zero-order valence-corrected chi connectivity index (χ0v) is 10.3. The summed E-state index contributed by atoms with van der Waals surface area (Å²) >= 11 is 0. The lowest BCUT2D eigenvalue weighted by Crippen LogP contribution is -2.22. The van der Waals surface area contributed by atoms with Crippen LogP contribution in [0.5, 0.6) is 0 Å². The van der Waals surface area contributed by atoms with Crippen LogP contribution in [0.25, 0.3) is 0 Å². The molecule has 0 bridgehead atoms. The van der Waals surface area contributed by atoms with E-state index in [0.29, 0.717) is 17.7 Å². The number of rotatable bonds is 4. The number of amides is 1. The second-order valence-electron chi connectivity index (χ2n) is 3.86. The van der Waals surface area contributed by atoms with Gasteiger partial charge in [-0.15, -0.1) is 0 Å². The van der Waals surface area contributed by atoms with Crippen LogP contribution in [0.15, 0.2) is 36.7 Å². The van der Waals surface area contributed by atoms with Gasteiger partial charge in [-0.05, 0) is 17.7 Å². The van der Waals surface area contributed by atoms with Gasteiger partial charge in [0, 0.05) is 12.7 Å². The van der Waals surface area contributed by atoms with Gasteiger partial charge < -0.3 is 10.1 Å². The monoisotopic (exact) mass is 259 g/mol. The van der Waals surface area contributed by atoms with Crippen LogP contribution in [0.3, 0.4) is 0 Å². The predicted octanol–water partition coefficient (Wildman–Crippen LogP) is 1.13. The summed E-state index contributed by atoms with van der Waals surface area (Å²) in [6.07, 6.45) is 2.98. The van der Waals surface area contributed by atoms with Crippen molar-refractivity contribution in [2.75, 3.05) is 7.11 Å². The van der Waals surface area contributed by atoms with E-state index in [2.05, 4.69) is 20.3 Å². The molecular formula is C13H13N3O3. The Hall–Kier alpha value is -2.63. The maximum atomic E-state index is 11.7. The second kappa shape index (κ2) is 5.81. The largest absolute Gasteiger partial charge is 0.465 e. The molecule has 98 valence electrons. The number of aromatic nitrogens is 2. The topological polar surface area (TPSA) is 84.1 Å². The van der Waals surface area contributed by atoms with Crippen molar-refractivity contribution in [1.29, 1.82) is 0 Å². The summed E-state index contributed by atoms with van der Waals surface area (Å²) in [7, 11) is 1.33. The Morgan fingerprint density at radius 1 is 1.26 bits per heavy atom. The molecule has 0 atom stereocenters. The van der Waals surface area contributed by atoms with E-state index < -0.39 is 0 Å². The molecule has 6 heteroatoms. The lowest BCUT2D eigenvalue weighted by molar-refractivity contribution is 0.0600. The Balaban J connectivity index is 1.93. The highest BCUT2D eigenvalue weighted by Crippen LogP contribution is 2.06. The molecule has 0 saturated heterocycles. The first-order valence-corrected chi connectivity index (χ1v) is 5.65. The molecule has 1 heterocycles. The summed E-state index contributed by atoms with van der Waals surface area (Å²) in [5.74, 6) is -0.584. The number of carbonyl (C=O) groups excluding carboxylic acids is 2. The first-order valence-electron chi connectivity index (χ1n) is 5.65. The van der Waals surface area contributed by atoms with E-state index in [1.54, 1.807) is 24.3 Å². The van der Waals surface area contributed by atoms with Crippen LogP contribution < -0.4 is 5.32 Å². The fraction of sp³-hybridized carbons (Fsp3) is 0.154. The Labute approximate surface area is 109 Å². The van der Waals surface area contributed by atoms with Gasteiger partial charge in [0.05, 0.1) is 24.4 Å². The number of ether oxygens (including phenoxy) is 1. The maximum absolute atomic E-state index is 11.7. The standard InChI is InChI=1S/C13H13N3O3/c1-19-13(18)10-4-2-9(3-5-10)6-14-12(17)11-7-15-16-8-11/h2-5,7-8H,6H2,1H3,(H,14,17)(H,15,16). The van der Waals surface area contributed by atoms with E-state index in [4.69, 9.17) is 0 Å². The molecule has 0 saturated carbocycles. The number of esters is 1. The first-order chi connectivity index (χ1) is 9.20. The van der Waals surface area contributed by atoms with Crippen molar-refractivity contribution in [2.45, 2.75) is 6.54 Å². The van der Waals surface area contributed by atoms with Gasteiger partial charge in [0.25, 0.3) is 5.91 Å². The zero-order valence-electron chi connectivity index (χ0n) is 10.3. The van der Waals surface area contributed by atoms with Crippen molar-refractivity contribution in [1.82, 2.24) is 15.5 Å². The van der Waals surface area contributed by atoms with Crippen LogP contribution in [0, 0.1) is 0 Å². The van der Waals surface area contributed by atoms with Crippen LogP contribution in [0.2, 0.25) is 0 Å². The Bertz CT molecular complexity index is 561. The smallest absolute Gasteiger partial charge is 0.337 e. The molecule has 2 rings (SSSR count). The molecule has 19 heavy (non-hydrogen) atoms. The van der Waals surface area contributed by atoms with E-state index in [1.165, 1.54) is 19.5 Å². The third-order valence-electron chi connectivity index (χ3n) is 2.59. The average molecular weight is 259 g/mol. The van der Waals surface area contributed by atoms with Gasteiger partial charge in [-0.3, -0.25) is 9.89 Å². The summed E-state index contributed by atoms with van der Waals surface area (Å²) in [5.41, 5.74) is 1.85. The molecule has 0 radical (unpaired) electrons. The van der Waals surface area contributed by atoms with Crippen LogP contribution in [0.1, 0.15) is 26.3 Å². The number of carbonyl (C=O) groups is 2. The van der Waals surface area contributed by atoms with Crippen LogP contribution in [-0.2, 0) is 11.3 Å². The Morgan fingerprint density at radius 2 is 2.00 bits per heavy atom. The fourth-order valence-electron chi connectivity index (χ4n) is 1.54. The van der Waals surface area contributed by atoms with Gasteiger partial charge in [0.2, 0.25) is 0 Å². The molecular weight excluding hydrogens is 246 g/mol. The summed E-state index contributed by atoms with van der Waals surface area (Å²) in [6.45, 7) is 0.380. The minimum Gasteiger partial charge on any atom is -0.465 e. The van der Waals surface area contributed by atoms with Crippen molar-refractivity contribution >= 4 is 11.9 Å². The number of benzene rings is 1. The van der Waals surface area contributed by atoms with Gasteiger partial charge in [-0.25, -0.2) is 4.79 Å². The van der Waals surface area contributed by atoms with E-state index in [1.807, 2.05) is 0 Å². The van der Waals surface area contributed by atoms with Gasteiger partial charge in [-0.1, -0.05) is 12.1 Å². The minimum absolute atomic E-state index is 0.203. The highest BCUT2D eigenvalue weighted by molar-refractivity contribution is 5.93. The maximum Gasteiger partial charge on any atom is 0.337 e. The van der Waals surface area contributed by atoms with E-state index in [-0.39, 0.29) is 11.9 Å². The molecule has 0 unspecified atom stereocenters. The second-order valence-corrected chi connectivity index (χ2v) is 3.86. The molecule has 1 amide bonds. The van der Waals surface area contributed by atoms with Crippen LogP contribution in [0.4, 0.5) is 0 Å². The molecule has 6 nitrogen and oxygen atoms in total. The van der Waals surface area contributed by atoms with Crippen molar-refractivity contribution in [3.05, 3.63) is 53.3 Å². The van der Waals surface area contributed by atoms with E-state index in [9.17, 15) is 9.59 Å². The zero-order chi connectivity index (χ0) is 13.7. The molecule has 0 fully saturated rings. The molecule has 1 aromatic heterocycles. The summed E-state index contributed by atoms with van der Waals surface area (Å²) in [5, 5.41) is 9.02. The lowest BCUT2D eigenvalue weighted by atomic mass is 10.1. The number of methoxy groups -OCH3 is 1. The molecule has 0 aliphatic carbocycles. The number of H-pyrrole nitrogens is 1. The van der Waals surface area contributed by atoms with Gasteiger partial charge in [-0.2, -0.15) is 5.10 Å². The quantitative estimate of drug-likeness (QED) is 0.806. The highest BCUT2D eigenvalue weighted by atomic mass is 16.5. The number of hydrogen-bond donors (Lipinski definition) is 2. The van der Waals surface area contributed by atoms with Crippen LogP contribution >= 0.6 is 0 Å². The van der Waals surface area contributed by atoms with Crippen molar-refractivity contribution in [3.63, 3.8) is 0 Å². The molecule has 0 aliphatic rings. The summed E-state index contributed by atoms with van der Waals surface area (Å²) in [4.78, 5) is 22.9. The molecule has 0 spiro atoms. The first kappa shape index (κ1) is 12.8. The summed E-state index contributed by atoms with van der Waals surface area (Å²) in [6, 6.07) is 6.85. The number of hydrogen-bond acceptors (Lipinski definition) is 4. The number of nitrogens with zero attached hydrogens (tertiary/aromatic N) is 1. The van der Waals surface area contributed by atoms with Crippen molar-refractivity contribution in [2.24, 2.45) is 0 Å². The Kier molecular flexibility index (Phi) is 3.92. The van der Waals surface area contributed by atoms with E-state index in [0.717, 1.165) is 5.56 Å². The Morgan fingerprint density at radius 3 is 2.58 bits per heavy atom. The average Bonchev–Trinajstić information content (AvgIpc) is 2.98. The molecule has 2 N–H and O–H groups in total. The minimum atomic E-state index is -0.381. The van der Waals surface area contributed by atoms with Gasteiger partial charge in [0.1, 0.15) is 0 Å². The molecule has 1 aromatic carbocycles. The predicted molar refractivity (Wildman–Crippen MR) is 67.5 cm³/mol. The molecule has 2 aromatic rings. The molecule has 0 aliphatic heterocycles. The SMILES string of the molecule is COC(=O)c1ccc(CNC(=O)c2cn[nH]c2)cc1. The van der Waals surface area contributed by atoms with Crippen molar-refractivity contribution < 1.29 is 14.3 Å². The van der Waals surface area contributed by atoms with Gasteiger partial charge in [0.15, 0.2) is 0 Å². The number of nitrogens with one attached hydrogen (secondary N) is 2. The third-order valence-corrected chi connectivity index (χ3v) is 2.59. The van der Waals surface area contributed by atoms with Crippen LogP contribution in [-0.4, -0.2) is 29.2 Å². The fourth-order valence-corrected chi connectivity index (χ4v) is 1.54. The van der Waals surface area contributed by atoms with E-state index >= 15 is 0 Å². The normalized spacial score (nSPS) is 9.95. The van der Waals surface area contributed by atoms with Crippen molar-refractivity contribution in [3.8, 4) is 0 Å². The highest BCUT2D eigenvalue weighted by Gasteiger charge is 2.07. The lowest BCUT2D eigenvalue weighted by Gasteiger charge is -2.04.